The van der Waals surface area contributed by atoms with Gasteiger partial charge in [-0.25, -0.2) is 0 Å². The molecule has 0 bridgehead atoms. The van der Waals surface area contributed by atoms with Crippen molar-refractivity contribution < 1.29 is 9.21 Å². The van der Waals surface area contributed by atoms with Gasteiger partial charge in [-0.15, -0.1) is 0 Å². The predicted molar refractivity (Wildman–Crippen MR) is 71.4 cm³/mol. The minimum atomic E-state index is -0.186. The van der Waals surface area contributed by atoms with Gasteiger partial charge in [0.1, 0.15) is 5.58 Å². The molecule has 4 heteroatoms. The molecule has 0 aliphatic carbocycles. The Morgan fingerprint density at radius 2 is 2.22 bits per heavy atom. The lowest BCUT2D eigenvalue weighted by Gasteiger charge is -2.08. The normalized spacial score (nSPS) is 12.6. The molecule has 1 heterocycles. The number of hydrogen-bond acceptors (Lipinski definition) is 3. The van der Waals surface area contributed by atoms with Crippen molar-refractivity contribution in [3.63, 3.8) is 0 Å². The summed E-state index contributed by atoms with van der Waals surface area (Å²) in [5.74, 6) is 0.163. The second-order valence-corrected chi connectivity index (χ2v) is 4.36. The molecule has 0 saturated carbocycles. The van der Waals surface area contributed by atoms with Crippen LogP contribution >= 0.6 is 0 Å². The largest absolute Gasteiger partial charge is 0.451 e. The first kappa shape index (κ1) is 12.6. The molecule has 3 N–H and O–H groups in total. The van der Waals surface area contributed by atoms with Gasteiger partial charge < -0.3 is 15.5 Å². The molecule has 0 aliphatic rings. The number of furan rings is 1. The summed E-state index contributed by atoms with van der Waals surface area (Å²) in [5.41, 5.74) is 6.51. The van der Waals surface area contributed by atoms with Crippen LogP contribution in [0.2, 0.25) is 0 Å². The van der Waals surface area contributed by atoms with E-state index in [4.69, 9.17) is 10.2 Å². The Morgan fingerprint density at radius 1 is 1.44 bits per heavy atom. The number of benzene rings is 1. The van der Waals surface area contributed by atoms with Gasteiger partial charge in [0, 0.05) is 18.0 Å². The molecule has 1 atom stereocenters. The van der Waals surface area contributed by atoms with Crippen LogP contribution in [0.15, 0.2) is 34.7 Å². The third-order valence-corrected chi connectivity index (χ3v) is 2.97. The average molecular weight is 246 g/mol. The highest BCUT2D eigenvalue weighted by atomic mass is 16.3. The molecule has 1 amide bonds. The fourth-order valence-corrected chi connectivity index (χ4v) is 1.76. The van der Waals surface area contributed by atoms with Crippen LogP contribution in [0.3, 0.4) is 0 Å². The summed E-state index contributed by atoms with van der Waals surface area (Å²) >= 11 is 0. The van der Waals surface area contributed by atoms with E-state index in [2.05, 4.69) is 5.32 Å². The number of para-hydroxylation sites is 1. The molecule has 2 rings (SSSR count). The molecule has 0 fully saturated rings. The molecule has 4 nitrogen and oxygen atoms in total. The number of amides is 1. The molecule has 96 valence electrons. The van der Waals surface area contributed by atoms with Crippen molar-refractivity contribution in [3.8, 4) is 0 Å². The molecule has 0 radical (unpaired) electrons. The molecule has 0 saturated heterocycles. The smallest absolute Gasteiger partial charge is 0.287 e. The van der Waals surface area contributed by atoms with Crippen LogP contribution in [0.25, 0.3) is 11.0 Å². The Bertz CT molecular complexity index is 500. The predicted octanol–water partition coefficient (Wildman–Crippen LogP) is 2.29. The van der Waals surface area contributed by atoms with Crippen molar-refractivity contribution >= 4 is 16.9 Å². The summed E-state index contributed by atoms with van der Waals surface area (Å²) in [6, 6.07) is 9.46. The number of nitrogens with two attached hydrogens (primary N) is 1. The summed E-state index contributed by atoms with van der Waals surface area (Å²) in [5, 5.41) is 3.75. The third kappa shape index (κ3) is 2.90. The van der Waals surface area contributed by atoms with Crippen LogP contribution in [0.5, 0.6) is 0 Å². The van der Waals surface area contributed by atoms with Crippen LogP contribution in [-0.2, 0) is 0 Å². The van der Waals surface area contributed by atoms with Crippen LogP contribution in [0.1, 0.15) is 30.3 Å². The van der Waals surface area contributed by atoms with Crippen molar-refractivity contribution in [1.29, 1.82) is 0 Å². The van der Waals surface area contributed by atoms with Crippen molar-refractivity contribution in [1.82, 2.24) is 5.32 Å². The number of nitrogens with one attached hydrogen (secondary N) is 1. The van der Waals surface area contributed by atoms with E-state index in [1.807, 2.05) is 31.2 Å². The maximum absolute atomic E-state index is 11.8. The van der Waals surface area contributed by atoms with Gasteiger partial charge in [-0.2, -0.15) is 0 Å². The van der Waals surface area contributed by atoms with E-state index >= 15 is 0 Å². The van der Waals surface area contributed by atoms with E-state index in [1.165, 1.54) is 0 Å². The molecular weight excluding hydrogens is 228 g/mol. The highest BCUT2D eigenvalue weighted by Gasteiger charge is 2.11. The van der Waals surface area contributed by atoms with Crippen LogP contribution < -0.4 is 11.1 Å². The third-order valence-electron chi connectivity index (χ3n) is 2.97. The maximum Gasteiger partial charge on any atom is 0.287 e. The van der Waals surface area contributed by atoms with Gasteiger partial charge in [0.05, 0.1) is 0 Å². The molecule has 1 aromatic heterocycles. The van der Waals surface area contributed by atoms with Gasteiger partial charge >= 0.3 is 0 Å². The van der Waals surface area contributed by atoms with E-state index in [-0.39, 0.29) is 11.9 Å². The summed E-state index contributed by atoms with van der Waals surface area (Å²) in [4.78, 5) is 11.8. The second kappa shape index (κ2) is 5.69. The topological polar surface area (TPSA) is 68.3 Å². The van der Waals surface area contributed by atoms with E-state index in [0.717, 1.165) is 23.8 Å². The Balaban J connectivity index is 1.96. The van der Waals surface area contributed by atoms with Crippen molar-refractivity contribution in [3.05, 3.63) is 36.1 Å². The van der Waals surface area contributed by atoms with Crippen LogP contribution in [-0.4, -0.2) is 18.5 Å². The summed E-state index contributed by atoms with van der Waals surface area (Å²) in [7, 11) is 0. The fraction of sp³-hybridized carbons (Fsp3) is 0.357. The fourth-order valence-electron chi connectivity index (χ4n) is 1.76. The van der Waals surface area contributed by atoms with Crippen LogP contribution in [0, 0.1) is 0 Å². The molecule has 1 aromatic carbocycles. The Labute approximate surface area is 106 Å². The lowest BCUT2D eigenvalue weighted by Crippen LogP contribution is -2.29. The minimum absolute atomic E-state index is 0.140. The number of hydrogen-bond donors (Lipinski definition) is 2. The van der Waals surface area contributed by atoms with E-state index < -0.39 is 0 Å². The summed E-state index contributed by atoms with van der Waals surface area (Å²) in [6.07, 6.45) is 1.70. The first-order valence-corrected chi connectivity index (χ1v) is 6.23. The average Bonchev–Trinajstić information content (AvgIpc) is 2.82. The number of fused-ring (bicyclic) bond motifs is 1. The summed E-state index contributed by atoms with van der Waals surface area (Å²) < 4.78 is 5.47. The molecule has 0 aliphatic heterocycles. The summed E-state index contributed by atoms with van der Waals surface area (Å²) in [6.45, 7) is 2.61. The van der Waals surface area contributed by atoms with Gasteiger partial charge in [0.25, 0.3) is 5.91 Å². The first-order chi connectivity index (χ1) is 8.70. The van der Waals surface area contributed by atoms with E-state index in [0.29, 0.717) is 12.3 Å². The standard InChI is InChI=1S/C14H18N2O2/c1-2-11(15)7-8-16-14(17)13-9-10-5-3-4-6-12(10)18-13/h3-6,9,11H,2,7-8,15H2,1H3,(H,16,17). The SMILES string of the molecule is CCC(N)CCNC(=O)c1cc2ccccc2o1. The van der Waals surface area contributed by atoms with Crippen molar-refractivity contribution in [2.24, 2.45) is 5.73 Å². The molecule has 0 spiro atoms. The number of rotatable bonds is 5. The van der Waals surface area contributed by atoms with Gasteiger partial charge in [-0.05, 0) is 25.0 Å². The Hall–Kier alpha value is -1.81. The molecule has 2 aromatic rings. The van der Waals surface area contributed by atoms with E-state index in [9.17, 15) is 4.79 Å². The Morgan fingerprint density at radius 3 is 2.94 bits per heavy atom. The van der Waals surface area contributed by atoms with Gasteiger partial charge in [0.2, 0.25) is 0 Å². The van der Waals surface area contributed by atoms with Gasteiger partial charge in [-0.1, -0.05) is 25.1 Å². The highest BCUT2D eigenvalue weighted by Crippen LogP contribution is 2.18. The van der Waals surface area contributed by atoms with Gasteiger partial charge in [-0.3, -0.25) is 4.79 Å². The monoisotopic (exact) mass is 246 g/mol. The molecule has 18 heavy (non-hydrogen) atoms. The first-order valence-electron chi connectivity index (χ1n) is 6.23. The minimum Gasteiger partial charge on any atom is -0.451 e. The van der Waals surface area contributed by atoms with Gasteiger partial charge in [0.15, 0.2) is 5.76 Å². The lowest BCUT2D eigenvalue weighted by molar-refractivity contribution is 0.0927. The highest BCUT2D eigenvalue weighted by molar-refractivity contribution is 5.95. The quantitative estimate of drug-likeness (QED) is 0.850. The van der Waals surface area contributed by atoms with E-state index in [1.54, 1.807) is 6.07 Å². The van der Waals surface area contributed by atoms with Crippen molar-refractivity contribution in [2.75, 3.05) is 6.54 Å². The molecule has 1 unspecified atom stereocenters. The zero-order valence-corrected chi connectivity index (χ0v) is 10.5. The Kier molecular flexibility index (Phi) is 3.99. The molecular formula is C14H18N2O2. The zero-order chi connectivity index (χ0) is 13.0. The second-order valence-electron chi connectivity index (χ2n) is 4.36. The van der Waals surface area contributed by atoms with Crippen molar-refractivity contribution in [2.45, 2.75) is 25.8 Å². The number of carbonyl (C=O) groups is 1. The number of carbonyl (C=O) groups excluding carboxylic acids is 1. The zero-order valence-electron chi connectivity index (χ0n) is 10.5. The maximum atomic E-state index is 11.8. The lowest BCUT2D eigenvalue weighted by atomic mass is 10.2. The van der Waals surface area contributed by atoms with Crippen LogP contribution in [0.4, 0.5) is 0 Å².